The van der Waals surface area contributed by atoms with Gasteiger partial charge in [0, 0.05) is 21.4 Å². The van der Waals surface area contributed by atoms with Gasteiger partial charge in [-0.1, -0.05) is 37.9 Å². The summed E-state index contributed by atoms with van der Waals surface area (Å²) in [5, 5.41) is 14.5. The van der Waals surface area contributed by atoms with Crippen molar-refractivity contribution in [2.45, 2.75) is 32.4 Å². The van der Waals surface area contributed by atoms with E-state index in [4.69, 9.17) is 0 Å². The minimum atomic E-state index is -0.607. The molecule has 1 aromatic carbocycles. The first-order valence-corrected chi connectivity index (χ1v) is 7.59. The molecule has 0 aliphatic carbocycles. The Morgan fingerprint density at radius 2 is 2.05 bits per heavy atom. The predicted molar refractivity (Wildman–Crippen MR) is 80.9 cm³/mol. The van der Waals surface area contributed by atoms with Gasteiger partial charge in [0.05, 0.1) is 6.10 Å². The van der Waals surface area contributed by atoms with Gasteiger partial charge in [-0.2, -0.15) is 5.10 Å². The zero-order valence-corrected chi connectivity index (χ0v) is 13.9. The molecule has 2 rings (SSSR count). The molecule has 0 fully saturated rings. The van der Waals surface area contributed by atoms with Crippen LogP contribution in [0.4, 0.5) is 0 Å². The quantitative estimate of drug-likeness (QED) is 0.869. The second-order valence-electron chi connectivity index (χ2n) is 4.60. The molecule has 0 spiro atoms. The third-order valence-corrected chi connectivity index (χ3v) is 4.01. The second-order valence-corrected chi connectivity index (χ2v) is 6.37. The van der Waals surface area contributed by atoms with Gasteiger partial charge in [0.1, 0.15) is 12.2 Å². The lowest BCUT2D eigenvalue weighted by molar-refractivity contribution is 0.172. The molecule has 4 nitrogen and oxygen atoms in total. The van der Waals surface area contributed by atoms with E-state index in [0.717, 1.165) is 20.3 Å². The van der Waals surface area contributed by atoms with Crippen LogP contribution >= 0.6 is 31.9 Å². The van der Waals surface area contributed by atoms with Gasteiger partial charge in [-0.25, -0.2) is 9.67 Å². The van der Waals surface area contributed by atoms with Crippen molar-refractivity contribution < 1.29 is 5.11 Å². The highest BCUT2D eigenvalue weighted by molar-refractivity contribution is 9.11. The monoisotopic (exact) mass is 387 g/mol. The number of aromatic nitrogens is 3. The summed E-state index contributed by atoms with van der Waals surface area (Å²) in [5.74, 6) is 0.789. The molecule has 1 unspecified atom stereocenters. The fourth-order valence-electron chi connectivity index (χ4n) is 1.91. The molecule has 102 valence electrons. The van der Waals surface area contributed by atoms with Gasteiger partial charge in [-0.3, -0.25) is 0 Å². The molecule has 0 radical (unpaired) electrons. The largest absolute Gasteiger partial charge is 0.388 e. The smallest absolute Gasteiger partial charge is 0.138 e. The maximum Gasteiger partial charge on any atom is 0.138 e. The van der Waals surface area contributed by atoms with E-state index in [1.165, 1.54) is 6.33 Å². The van der Waals surface area contributed by atoms with Crippen molar-refractivity contribution in [2.24, 2.45) is 0 Å². The molecular weight excluding hydrogens is 374 g/mol. The van der Waals surface area contributed by atoms with Crippen LogP contribution in [-0.2, 0) is 6.42 Å². The number of hydrogen-bond acceptors (Lipinski definition) is 3. The SMILES string of the molecule is CC(C)n1ncnc1CC(O)c1ccc(Br)cc1Br. The number of aliphatic hydroxyl groups is 1. The number of halogens is 2. The number of benzene rings is 1. The normalized spacial score (nSPS) is 12.9. The van der Waals surface area contributed by atoms with Gasteiger partial charge >= 0.3 is 0 Å². The zero-order chi connectivity index (χ0) is 14.0. The third-order valence-electron chi connectivity index (χ3n) is 2.83. The van der Waals surface area contributed by atoms with Gasteiger partial charge < -0.3 is 5.11 Å². The van der Waals surface area contributed by atoms with Gasteiger partial charge in [0.15, 0.2) is 0 Å². The van der Waals surface area contributed by atoms with E-state index in [2.05, 4.69) is 41.9 Å². The minimum Gasteiger partial charge on any atom is -0.388 e. The highest BCUT2D eigenvalue weighted by Crippen LogP contribution is 2.28. The Kier molecular flexibility index (Phi) is 4.76. The molecule has 0 saturated heterocycles. The average molecular weight is 389 g/mol. The Morgan fingerprint density at radius 3 is 2.68 bits per heavy atom. The van der Waals surface area contributed by atoms with Crippen LogP contribution in [0.3, 0.4) is 0 Å². The summed E-state index contributed by atoms with van der Waals surface area (Å²) in [6.07, 6.45) is 1.36. The Bertz CT molecular complexity index is 569. The summed E-state index contributed by atoms with van der Waals surface area (Å²) in [6.45, 7) is 4.08. The first kappa shape index (κ1) is 14.7. The predicted octanol–water partition coefficient (Wildman–Crippen LogP) is 3.66. The Morgan fingerprint density at radius 1 is 1.32 bits per heavy atom. The van der Waals surface area contributed by atoms with Crippen LogP contribution in [0.25, 0.3) is 0 Å². The van der Waals surface area contributed by atoms with E-state index in [9.17, 15) is 5.11 Å². The number of nitrogens with zero attached hydrogens (tertiary/aromatic N) is 3. The van der Waals surface area contributed by atoms with Gasteiger partial charge in [0.2, 0.25) is 0 Å². The summed E-state index contributed by atoms with van der Waals surface area (Å²) >= 11 is 6.87. The Labute approximate surface area is 129 Å². The third kappa shape index (κ3) is 3.43. The molecule has 0 bridgehead atoms. The number of hydrogen-bond donors (Lipinski definition) is 1. The highest BCUT2D eigenvalue weighted by Gasteiger charge is 2.16. The first-order valence-electron chi connectivity index (χ1n) is 6.00. The molecule has 2 aromatic rings. The van der Waals surface area contributed by atoms with Crippen molar-refractivity contribution in [3.63, 3.8) is 0 Å². The fourth-order valence-corrected chi connectivity index (χ4v) is 3.22. The van der Waals surface area contributed by atoms with E-state index in [0.29, 0.717) is 6.42 Å². The standard InChI is InChI=1S/C13H15Br2N3O/c1-8(2)18-13(16-7-17-18)6-12(19)10-4-3-9(14)5-11(10)15/h3-5,7-8,12,19H,6H2,1-2H3. The zero-order valence-electron chi connectivity index (χ0n) is 10.7. The minimum absolute atomic E-state index is 0.234. The summed E-state index contributed by atoms with van der Waals surface area (Å²) < 4.78 is 3.68. The molecule has 0 saturated carbocycles. The van der Waals surface area contributed by atoms with E-state index in [-0.39, 0.29) is 6.04 Å². The maximum absolute atomic E-state index is 10.3. The molecule has 1 heterocycles. The van der Waals surface area contributed by atoms with Gasteiger partial charge in [-0.05, 0) is 31.5 Å². The van der Waals surface area contributed by atoms with E-state index in [1.807, 2.05) is 36.7 Å². The summed E-state index contributed by atoms with van der Waals surface area (Å²) in [4.78, 5) is 4.22. The summed E-state index contributed by atoms with van der Waals surface area (Å²) in [7, 11) is 0. The molecule has 19 heavy (non-hydrogen) atoms. The Balaban J connectivity index is 2.21. The molecule has 1 aromatic heterocycles. The number of aliphatic hydroxyl groups excluding tert-OH is 1. The van der Waals surface area contributed by atoms with Crippen molar-refractivity contribution in [3.8, 4) is 0 Å². The van der Waals surface area contributed by atoms with E-state index < -0.39 is 6.10 Å². The van der Waals surface area contributed by atoms with Crippen LogP contribution in [0.15, 0.2) is 33.5 Å². The van der Waals surface area contributed by atoms with Gasteiger partial charge in [0.25, 0.3) is 0 Å². The lowest BCUT2D eigenvalue weighted by Gasteiger charge is -2.15. The van der Waals surface area contributed by atoms with Crippen LogP contribution in [-0.4, -0.2) is 19.9 Å². The molecule has 0 amide bonds. The topological polar surface area (TPSA) is 50.9 Å². The molecule has 0 aliphatic rings. The molecular formula is C13H15Br2N3O. The first-order chi connectivity index (χ1) is 8.99. The Hall–Kier alpha value is -0.720. The van der Waals surface area contributed by atoms with E-state index >= 15 is 0 Å². The van der Waals surface area contributed by atoms with Crippen molar-refractivity contribution in [1.29, 1.82) is 0 Å². The van der Waals surface area contributed by atoms with Crippen LogP contribution < -0.4 is 0 Å². The summed E-state index contributed by atoms with van der Waals surface area (Å²) in [6, 6.07) is 5.97. The van der Waals surface area contributed by atoms with Crippen molar-refractivity contribution in [1.82, 2.24) is 14.8 Å². The lowest BCUT2D eigenvalue weighted by Crippen LogP contribution is -2.12. The molecule has 1 atom stereocenters. The molecule has 6 heteroatoms. The highest BCUT2D eigenvalue weighted by atomic mass is 79.9. The average Bonchev–Trinajstić information content (AvgIpc) is 2.76. The van der Waals surface area contributed by atoms with Crippen molar-refractivity contribution in [2.75, 3.05) is 0 Å². The molecule has 1 N–H and O–H groups in total. The maximum atomic E-state index is 10.3. The summed E-state index contributed by atoms with van der Waals surface area (Å²) in [5.41, 5.74) is 0.849. The van der Waals surface area contributed by atoms with Crippen molar-refractivity contribution in [3.05, 3.63) is 44.9 Å². The van der Waals surface area contributed by atoms with E-state index in [1.54, 1.807) is 0 Å². The number of rotatable bonds is 4. The lowest BCUT2D eigenvalue weighted by atomic mass is 10.1. The van der Waals surface area contributed by atoms with Crippen LogP contribution in [0.5, 0.6) is 0 Å². The van der Waals surface area contributed by atoms with Crippen LogP contribution in [0, 0.1) is 0 Å². The fraction of sp³-hybridized carbons (Fsp3) is 0.385. The second kappa shape index (κ2) is 6.15. The van der Waals surface area contributed by atoms with Crippen molar-refractivity contribution >= 4 is 31.9 Å². The van der Waals surface area contributed by atoms with Gasteiger partial charge in [-0.15, -0.1) is 0 Å². The molecule has 0 aliphatic heterocycles. The van der Waals surface area contributed by atoms with Crippen LogP contribution in [0.1, 0.15) is 37.4 Å². The van der Waals surface area contributed by atoms with Crippen LogP contribution in [0.2, 0.25) is 0 Å².